The molecular formula is C20H30N2O4S. The van der Waals surface area contributed by atoms with Crippen molar-refractivity contribution in [1.82, 2.24) is 10.2 Å². The molecule has 3 rings (SSSR count). The molecule has 1 saturated carbocycles. The van der Waals surface area contributed by atoms with E-state index in [2.05, 4.69) is 10.2 Å². The normalized spacial score (nSPS) is 20.1. The molecule has 0 aromatic carbocycles. The van der Waals surface area contributed by atoms with Gasteiger partial charge in [0.25, 0.3) is 5.91 Å². The maximum absolute atomic E-state index is 12.2. The summed E-state index contributed by atoms with van der Waals surface area (Å²) in [4.78, 5) is 26.5. The number of amides is 1. The van der Waals surface area contributed by atoms with E-state index >= 15 is 0 Å². The Labute approximate surface area is 165 Å². The van der Waals surface area contributed by atoms with Gasteiger partial charge in [0.15, 0.2) is 6.61 Å². The second-order valence-corrected chi connectivity index (χ2v) is 8.23. The molecule has 0 atom stereocenters. The first-order valence-electron chi connectivity index (χ1n) is 9.94. The van der Waals surface area contributed by atoms with Crippen LogP contribution in [0.4, 0.5) is 0 Å². The molecule has 1 N–H and O–H groups in total. The molecule has 27 heavy (non-hydrogen) atoms. The Balaban J connectivity index is 1.41. The van der Waals surface area contributed by atoms with E-state index < -0.39 is 0 Å². The maximum Gasteiger partial charge on any atom is 0.306 e. The number of nitrogens with one attached hydrogen (secondary N) is 1. The van der Waals surface area contributed by atoms with Crippen LogP contribution in [0.3, 0.4) is 0 Å². The summed E-state index contributed by atoms with van der Waals surface area (Å²) in [6.07, 6.45) is 6.84. The molecule has 1 aromatic heterocycles. The van der Waals surface area contributed by atoms with Gasteiger partial charge in [-0.2, -0.15) is 11.3 Å². The summed E-state index contributed by atoms with van der Waals surface area (Å²) >= 11 is 1.61. The monoisotopic (exact) mass is 394 g/mol. The zero-order valence-corrected chi connectivity index (χ0v) is 16.7. The molecule has 2 aliphatic rings. The molecule has 0 radical (unpaired) electrons. The Morgan fingerprint density at radius 1 is 1.22 bits per heavy atom. The first kappa shape index (κ1) is 20.3. The van der Waals surface area contributed by atoms with Crippen molar-refractivity contribution < 1.29 is 19.1 Å². The third-order valence-corrected chi connectivity index (χ3v) is 6.37. The summed E-state index contributed by atoms with van der Waals surface area (Å²) in [5.74, 6) is -0.533. The number of hydrogen-bond donors (Lipinski definition) is 1. The van der Waals surface area contributed by atoms with E-state index in [0.29, 0.717) is 19.4 Å². The Morgan fingerprint density at radius 2 is 2.00 bits per heavy atom. The van der Waals surface area contributed by atoms with Gasteiger partial charge in [0.05, 0.1) is 13.2 Å². The number of morpholine rings is 1. The third kappa shape index (κ3) is 6.02. The largest absolute Gasteiger partial charge is 0.456 e. The summed E-state index contributed by atoms with van der Waals surface area (Å²) in [6, 6.07) is 2.00. The highest BCUT2D eigenvalue weighted by Gasteiger charge is 2.38. The molecule has 6 nitrogen and oxygen atoms in total. The molecule has 0 bridgehead atoms. The summed E-state index contributed by atoms with van der Waals surface area (Å²) in [6.45, 7) is 3.80. The SMILES string of the molecule is O=C(COC(=O)CCc1ccsc1)NCC1(N2CCOCC2)CCCCC1. The summed E-state index contributed by atoms with van der Waals surface area (Å²) in [7, 11) is 0. The van der Waals surface area contributed by atoms with Crippen LogP contribution < -0.4 is 5.32 Å². The zero-order valence-electron chi connectivity index (χ0n) is 15.9. The molecule has 7 heteroatoms. The standard InChI is InChI=1S/C20H30N2O4S/c23-18(14-26-19(24)5-4-17-6-13-27-15-17)21-16-20(7-2-1-3-8-20)22-9-11-25-12-10-22/h6,13,15H,1-5,7-12,14,16H2,(H,21,23). The molecule has 1 aliphatic carbocycles. The van der Waals surface area contributed by atoms with E-state index in [1.165, 1.54) is 19.3 Å². The van der Waals surface area contributed by atoms with Crippen LogP contribution in [0.1, 0.15) is 44.1 Å². The first-order chi connectivity index (χ1) is 13.2. The van der Waals surface area contributed by atoms with Crippen LogP contribution in [0.5, 0.6) is 0 Å². The van der Waals surface area contributed by atoms with E-state index in [9.17, 15) is 9.59 Å². The van der Waals surface area contributed by atoms with Crippen LogP contribution in [0, 0.1) is 0 Å². The summed E-state index contributed by atoms with van der Waals surface area (Å²) < 4.78 is 10.6. The fourth-order valence-corrected chi connectivity index (χ4v) is 4.77. The zero-order chi connectivity index (χ0) is 19.0. The van der Waals surface area contributed by atoms with Crippen molar-refractivity contribution in [2.75, 3.05) is 39.5 Å². The lowest BCUT2D eigenvalue weighted by Crippen LogP contribution is -2.59. The molecule has 1 aliphatic heterocycles. The van der Waals surface area contributed by atoms with Gasteiger partial charge in [-0.15, -0.1) is 0 Å². The molecule has 0 spiro atoms. The van der Waals surface area contributed by atoms with Crippen molar-refractivity contribution in [2.24, 2.45) is 0 Å². The highest BCUT2D eigenvalue weighted by Crippen LogP contribution is 2.33. The van der Waals surface area contributed by atoms with Gasteiger partial charge in [0.2, 0.25) is 0 Å². The van der Waals surface area contributed by atoms with Gasteiger partial charge >= 0.3 is 5.97 Å². The fourth-order valence-electron chi connectivity index (χ4n) is 4.07. The molecule has 0 unspecified atom stereocenters. The van der Waals surface area contributed by atoms with Crippen LogP contribution in [-0.4, -0.2) is 61.8 Å². The van der Waals surface area contributed by atoms with Crippen molar-refractivity contribution >= 4 is 23.2 Å². The number of aryl methyl sites for hydroxylation is 1. The van der Waals surface area contributed by atoms with Crippen molar-refractivity contribution in [3.63, 3.8) is 0 Å². The lowest BCUT2D eigenvalue weighted by atomic mass is 9.79. The number of carbonyl (C=O) groups is 2. The number of nitrogens with zero attached hydrogens (tertiary/aromatic N) is 1. The van der Waals surface area contributed by atoms with E-state index in [4.69, 9.17) is 9.47 Å². The molecule has 2 fully saturated rings. The van der Waals surface area contributed by atoms with Gasteiger partial charge in [-0.05, 0) is 41.7 Å². The van der Waals surface area contributed by atoms with E-state index in [1.54, 1.807) is 11.3 Å². The maximum atomic E-state index is 12.2. The summed E-state index contributed by atoms with van der Waals surface area (Å²) in [5.41, 5.74) is 1.16. The Bertz CT molecular complexity index is 593. The van der Waals surface area contributed by atoms with Crippen molar-refractivity contribution in [1.29, 1.82) is 0 Å². The van der Waals surface area contributed by atoms with Crippen LogP contribution >= 0.6 is 11.3 Å². The Kier molecular flexibility index (Phi) is 7.67. The van der Waals surface area contributed by atoms with Crippen molar-refractivity contribution in [3.05, 3.63) is 22.4 Å². The number of hydrogen-bond acceptors (Lipinski definition) is 6. The third-order valence-electron chi connectivity index (χ3n) is 5.64. The highest BCUT2D eigenvalue weighted by atomic mass is 32.1. The number of esters is 1. The highest BCUT2D eigenvalue weighted by molar-refractivity contribution is 7.07. The van der Waals surface area contributed by atoms with Crippen molar-refractivity contribution in [2.45, 2.75) is 50.5 Å². The first-order valence-corrected chi connectivity index (χ1v) is 10.9. The van der Waals surface area contributed by atoms with Gasteiger partial charge in [0.1, 0.15) is 0 Å². The number of thiophene rings is 1. The number of carbonyl (C=O) groups excluding carboxylic acids is 2. The predicted octanol–water partition coefficient (Wildman–Crippen LogP) is 2.38. The van der Waals surface area contributed by atoms with E-state index in [0.717, 1.165) is 44.7 Å². The van der Waals surface area contributed by atoms with Crippen LogP contribution in [0.15, 0.2) is 16.8 Å². The molecule has 150 valence electrons. The Hall–Kier alpha value is -1.44. The smallest absolute Gasteiger partial charge is 0.306 e. The van der Waals surface area contributed by atoms with Gasteiger partial charge < -0.3 is 14.8 Å². The number of rotatable bonds is 8. The second-order valence-electron chi connectivity index (χ2n) is 7.45. The minimum Gasteiger partial charge on any atom is -0.456 e. The lowest BCUT2D eigenvalue weighted by Gasteiger charge is -2.48. The second kappa shape index (κ2) is 10.2. The Morgan fingerprint density at radius 3 is 2.70 bits per heavy atom. The quantitative estimate of drug-likeness (QED) is 0.686. The molecule has 2 heterocycles. The molecule has 1 aromatic rings. The summed E-state index contributed by atoms with van der Waals surface area (Å²) in [5, 5.41) is 7.03. The fraction of sp³-hybridized carbons (Fsp3) is 0.700. The average molecular weight is 395 g/mol. The van der Waals surface area contributed by atoms with Crippen LogP contribution in [0.2, 0.25) is 0 Å². The topological polar surface area (TPSA) is 67.9 Å². The predicted molar refractivity (Wildman–Crippen MR) is 105 cm³/mol. The molecule has 1 amide bonds. The average Bonchev–Trinajstić information content (AvgIpc) is 3.24. The molecular weight excluding hydrogens is 364 g/mol. The van der Waals surface area contributed by atoms with Gasteiger partial charge in [-0.1, -0.05) is 19.3 Å². The van der Waals surface area contributed by atoms with Gasteiger partial charge in [-0.3, -0.25) is 14.5 Å². The van der Waals surface area contributed by atoms with Crippen LogP contribution in [0.25, 0.3) is 0 Å². The van der Waals surface area contributed by atoms with E-state index in [1.807, 2.05) is 16.8 Å². The lowest BCUT2D eigenvalue weighted by molar-refractivity contribution is -0.148. The van der Waals surface area contributed by atoms with Gasteiger partial charge in [-0.25, -0.2) is 0 Å². The molecule has 1 saturated heterocycles. The van der Waals surface area contributed by atoms with Crippen LogP contribution in [-0.2, 0) is 25.5 Å². The van der Waals surface area contributed by atoms with Gasteiger partial charge in [0, 0.05) is 31.6 Å². The van der Waals surface area contributed by atoms with Crippen molar-refractivity contribution in [3.8, 4) is 0 Å². The minimum absolute atomic E-state index is 0.0284. The minimum atomic E-state index is -0.322. The number of ether oxygens (including phenoxy) is 2. The van der Waals surface area contributed by atoms with E-state index in [-0.39, 0.29) is 24.0 Å².